The van der Waals surface area contributed by atoms with E-state index >= 15 is 0 Å². The van der Waals surface area contributed by atoms with E-state index < -0.39 is 10.8 Å². The Morgan fingerprint density at radius 3 is 2.56 bits per heavy atom. The molecule has 1 fully saturated rings. The summed E-state index contributed by atoms with van der Waals surface area (Å²) < 4.78 is 12.2. The summed E-state index contributed by atoms with van der Waals surface area (Å²) >= 11 is 0. The second kappa shape index (κ2) is 13.7. The van der Waals surface area contributed by atoms with E-state index in [1.807, 2.05) is 30.3 Å². The van der Waals surface area contributed by atoms with Crippen molar-refractivity contribution in [1.29, 1.82) is 0 Å². The lowest BCUT2D eigenvalue weighted by Crippen LogP contribution is -2.39. The fourth-order valence-electron chi connectivity index (χ4n) is 3.30. The fourth-order valence-corrected chi connectivity index (χ4v) is 4.34. The summed E-state index contributed by atoms with van der Waals surface area (Å²) in [5, 5.41) is 6.60. The Morgan fingerprint density at radius 2 is 1.85 bits per heavy atom. The number of hydrogen-bond donors (Lipinski definition) is 2. The monoisotopic (exact) mass is 392 g/mol. The lowest BCUT2D eigenvalue weighted by molar-refractivity contribution is 0.283. The Bertz CT molecular complexity index is 557. The molecule has 0 saturated carbocycles. The van der Waals surface area contributed by atoms with Crippen LogP contribution in [0.2, 0.25) is 0 Å². The third-order valence-corrected chi connectivity index (χ3v) is 6.05. The molecule has 2 N–H and O–H groups in total. The van der Waals surface area contributed by atoms with E-state index in [-0.39, 0.29) is 0 Å². The van der Waals surface area contributed by atoms with Crippen molar-refractivity contribution >= 4 is 16.8 Å². The SMILES string of the molecule is CCNC(=NCCCN1CCCCCC1)NCCS(=O)Cc1ccccc1. The first-order valence-electron chi connectivity index (χ1n) is 10.4. The minimum Gasteiger partial charge on any atom is -0.357 e. The molecule has 27 heavy (non-hydrogen) atoms. The van der Waals surface area contributed by atoms with E-state index in [1.54, 1.807) is 0 Å². The molecule has 5 nitrogen and oxygen atoms in total. The van der Waals surface area contributed by atoms with E-state index in [0.717, 1.165) is 37.6 Å². The molecule has 0 radical (unpaired) electrons. The van der Waals surface area contributed by atoms with Crippen LogP contribution in [0.1, 0.15) is 44.6 Å². The van der Waals surface area contributed by atoms with E-state index in [0.29, 0.717) is 18.1 Å². The summed E-state index contributed by atoms with van der Waals surface area (Å²) in [4.78, 5) is 7.25. The molecule has 2 rings (SSSR count). The maximum Gasteiger partial charge on any atom is 0.191 e. The summed E-state index contributed by atoms with van der Waals surface area (Å²) in [6.45, 7) is 8.05. The maximum absolute atomic E-state index is 12.2. The number of guanidine groups is 1. The molecule has 1 aliphatic heterocycles. The van der Waals surface area contributed by atoms with Crippen LogP contribution in [0, 0.1) is 0 Å². The zero-order valence-corrected chi connectivity index (χ0v) is 17.6. The molecule has 1 aliphatic rings. The van der Waals surface area contributed by atoms with E-state index in [1.165, 1.54) is 38.8 Å². The van der Waals surface area contributed by atoms with Crippen molar-refractivity contribution in [2.24, 2.45) is 4.99 Å². The highest BCUT2D eigenvalue weighted by atomic mass is 32.2. The summed E-state index contributed by atoms with van der Waals surface area (Å²) in [6, 6.07) is 10.0. The van der Waals surface area contributed by atoms with Gasteiger partial charge in [0.15, 0.2) is 5.96 Å². The number of benzene rings is 1. The van der Waals surface area contributed by atoms with Crippen LogP contribution in [0.4, 0.5) is 0 Å². The molecule has 1 aromatic carbocycles. The van der Waals surface area contributed by atoms with E-state index in [4.69, 9.17) is 0 Å². The maximum atomic E-state index is 12.2. The van der Waals surface area contributed by atoms with Crippen molar-refractivity contribution < 1.29 is 4.21 Å². The number of nitrogens with one attached hydrogen (secondary N) is 2. The lowest BCUT2D eigenvalue weighted by Gasteiger charge is -2.19. The normalized spacial score (nSPS) is 17.3. The average Bonchev–Trinajstić information content (AvgIpc) is 2.95. The Kier molecular flexibility index (Phi) is 11.1. The minimum atomic E-state index is -0.856. The van der Waals surface area contributed by atoms with Crippen LogP contribution in [0.3, 0.4) is 0 Å². The number of nitrogens with zero attached hydrogens (tertiary/aromatic N) is 2. The molecule has 0 spiro atoms. The zero-order valence-electron chi connectivity index (χ0n) is 16.8. The number of hydrogen-bond acceptors (Lipinski definition) is 3. The first-order valence-corrected chi connectivity index (χ1v) is 11.9. The molecule has 0 aromatic heterocycles. The molecule has 1 heterocycles. The predicted molar refractivity (Wildman–Crippen MR) is 117 cm³/mol. The van der Waals surface area contributed by atoms with Crippen molar-refractivity contribution in [2.75, 3.05) is 45.0 Å². The van der Waals surface area contributed by atoms with Crippen molar-refractivity contribution in [1.82, 2.24) is 15.5 Å². The van der Waals surface area contributed by atoms with E-state index in [9.17, 15) is 4.21 Å². The van der Waals surface area contributed by atoms with Gasteiger partial charge in [0.1, 0.15) is 0 Å². The van der Waals surface area contributed by atoms with Crippen LogP contribution in [-0.2, 0) is 16.6 Å². The molecule has 6 heteroatoms. The van der Waals surface area contributed by atoms with Crippen molar-refractivity contribution in [3.63, 3.8) is 0 Å². The van der Waals surface area contributed by atoms with Gasteiger partial charge in [-0.25, -0.2) is 0 Å². The van der Waals surface area contributed by atoms with Gasteiger partial charge in [-0.3, -0.25) is 9.20 Å². The molecular formula is C21H36N4OS. The number of rotatable bonds is 10. The highest BCUT2D eigenvalue weighted by molar-refractivity contribution is 7.84. The van der Waals surface area contributed by atoms with Crippen molar-refractivity contribution in [3.05, 3.63) is 35.9 Å². The Hall–Kier alpha value is -1.40. The van der Waals surface area contributed by atoms with E-state index in [2.05, 4.69) is 27.4 Å². The predicted octanol–water partition coefficient (Wildman–Crippen LogP) is 2.76. The van der Waals surface area contributed by atoms with Gasteiger partial charge in [-0.15, -0.1) is 0 Å². The molecule has 1 atom stereocenters. The van der Waals surface area contributed by atoms with Gasteiger partial charge >= 0.3 is 0 Å². The highest BCUT2D eigenvalue weighted by Gasteiger charge is 2.08. The van der Waals surface area contributed by atoms with Crippen LogP contribution in [-0.4, -0.2) is 60.1 Å². The second-order valence-electron chi connectivity index (χ2n) is 7.07. The third-order valence-electron chi connectivity index (χ3n) is 4.74. The number of likely N-dealkylation sites (tertiary alicyclic amines) is 1. The Morgan fingerprint density at radius 1 is 1.11 bits per heavy atom. The van der Waals surface area contributed by atoms with Crippen LogP contribution in [0.15, 0.2) is 35.3 Å². The molecule has 0 aliphatic carbocycles. The van der Waals surface area contributed by atoms with Crippen molar-refractivity contribution in [2.45, 2.75) is 44.8 Å². The lowest BCUT2D eigenvalue weighted by atomic mass is 10.2. The smallest absolute Gasteiger partial charge is 0.191 e. The van der Waals surface area contributed by atoms with Gasteiger partial charge in [-0.2, -0.15) is 0 Å². The summed E-state index contributed by atoms with van der Waals surface area (Å²) in [6.07, 6.45) is 6.54. The quantitative estimate of drug-likeness (QED) is 0.365. The van der Waals surface area contributed by atoms with Crippen LogP contribution in [0.5, 0.6) is 0 Å². The topological polar surface area (TPSA) is 56.7 Å². The largest absolute Gasteiger partial charge is 0.357 e. The van der Waals surface area contributed by atoms with Gasteiger partial charge in [0.2, 0.25) is 0 Å². The zero-order chi connectivity index (χ0) is 19.2. The van der Waals surface area contributed by atoms with Crippen LogP contribution in [0.25, 0.3) is 0 Å². The molecular weight excluding hydrogens is 356 g/mol. The van der Waals surface area contributed by atoms with Gasteiger partial charge in [0.05, 0.1) is 0 Å². The molecule has 1 unspecified atom stereocenters. The summed E-state index contributed by atoms with van der Waals surface area (Å²) in [7, 11) is -0.856. The summed E-state index contributed by atoms with van der Waals surface area (Å²) in [5.41, 5.74) is 1.13. The molecule has 1 aromatic rings. The fraction of sp³-hybridized carbons (Fsp3) is 0.667. The standard InChI is InChI=1S/C21H36N4OS/c1-2-22-21(23-13-10-17-25-15-8-3-4-9-16-25)24-14-18-27(26)19-20-11-6-5-7-12-20/h5-7,11-12H,2-4,8-10,13-19H2,1H3,(H2,22,23,24). The van der Waals surface area contributed by atoms with Crippen LogP contribution >= 0.6 is 0 Å². The van der Waals surface area contributed by atoms with Gasteiger partial charge in [-0.1, -0.05) is 43.2 Å². The third kappa shape index (κ3) is 9.91. The molecule has 1 saturated heterocycles. The molecule has 0 bridgehead atoms. The van der Waals surface area contributed by atoms with Gasteiger partial charge in [0.25, 0.3) is 0 Å². The Labute approximate surface area is 167 Å². The first kappa shape index (κ1) is 21.9. The second-order valence-corrected chi connectivity index (χ2v) is 8.65. The first-order chi connectivity index (χ1) is 13.3. The molecule has 0 amide bonds. The summed E-state index contributed by atoms with van der Waals surface area (Å²) in [5.74, 6) is 2.09. The van der Waals surface area contributed by atoms with Gasteiger partial charge in [0, 0.05) is 41.9 Å². The average molecular weight is 393 g/mol. The van der Waals surface area contributed by atoms with Gasteiger partial charge < -0.3 is 15.5 Å². The van der Waals surface area contributed by atoms with Crippen LogP contribution < -0.4 is 10.6 Å². The number of aliphatic imine (C=N–C) groups is 1. The van der Waals surface area contributed by atoms with Crippen molar-refractivity contribution in [3.8, 4) is 0 Å². The highest BCUT2D eigenvalue weighted by Crippen LogP contribution is 2.09. The minimum absolute atomic E-state index is 0.617. The van der Waals surface area contributed by atoms with Gasteiger partial charge in [-0.05, 0) is 51.4 Å². The molecule has 152 valence electrons. The Balaban J connectivity index is 1.64.